The van der Waals surface area contributed by atoms with E-state index in [1.807, 2.05) is 11.4 Å². The Bertz CT molecular complexity index is 850. The molecule has 1 aliphatic carbocycles. The molecule has 0 radical (unpaired) electrons. The molecule has 2 aromatic rings. The van der Waals surface area contributed by atoms with E-state index >= 15 is 0 Å². The Morgan fingerprint density at radius 2 is 1.89 bits per heavy atom. The third-order valence-electron chi connectivity index (χ3n) is 5.54. The van der Waals surface area contributed by atoms with Crippen LogP contribution in [0.15, 0.2) is 23.6 Å². The van der Waals surface area contributed by atoms with Crippen LogP contribution in [0.25, 0.3) is 11.1 Å². The summed E-state index contributed by atoms with van der Waals surface area (Å²) in [5, 5.41) is 5.52. The van der Waals surface area contributed by atoms with Crippen molar-refractivity contribution in [2.45, 2.75) is 59.3 Å². The number of ether oxygens (including phenoxy) is 1. The van der Waals surface area contributed by atoms with Gasteiger partial charge in [0.1, 0.15) is 10.6 Å². The average Bonchev–Trinajstić information content (AvgIpc) is 3.08. The number of esters is 1. The molecule has 5 heteroatoms. The van der Waals surface area contributed by atoms with Crippen molar-refractivity contribution in [1.82, 2.24) is 0 Å². The van der Waals surface area contributed by atoms with Crippen molar-refractivity contribution in [3.8, 4) is 11.1 Å². The summed E-state index contributed by atoms with van der Waals surface area (Å²) < 4.78 is 5.29. The van der Waals surface area contributed by atoms with Gasteiger partial charge < -0.3 is 10.1 Å². The van der Waals surface area contributed by atoms with Crippen LogP contribution in [0.2, 0.25) is 0 Å². The molecule has 1 saturated carbocycles. The maximum absolute atomic E-state index is 12.7. The number of benzene rings is 1. The fourth-order valence-electron chi connectivity index (χ4n) is 3.81. The van der Waals surface area contributed by atoms with Crippen LogP contribution in [0.1, 0.15) is 66.9 Å². The van der Waals surface area contributed by atoms with Gasteiger partial charge in [-0.05, 0) is 56.2 Å². The molecule has 4 nitrogen and oxygen atoms in total. The van der Waals surface area contributed by atoms with Crippen LogP contribution < -0.4 is 5.32 Å². The fourth-order valence-corrected chi connectivity index (χ4v) is 4.78. The lowest BCUT2D eigenvalue weighted by Gasteiger charge is -2.20. The standard InChI is InChI=1S/C23H29NO3S/c1-4-27-23(26)21-19(18-11-10-15(2)16(3)12-18)14-28-22(21)24-20(25)13-17-8-6-5-7-9-17/h10-12,14,17H,4-9,13H2,1-3H3,(H,24,25). The number of thiophene rings is 1. The SMILES string of the molecule is CCOC(=O)c1c(-c2ccc(C)c(C)c2)csc1NC(=O)CC1CCCCC1. The minimum atomic E-state index is -0.384. The summed E-state index contributed by atoms with van der Waals surface area (Å²) in [4.78, 5) is 25.3. The highest BCUT2D eigenvalue weighted by Crippen LogP contribution is 2.37. The van der Waals surface area contributed by atoms with Crippen molar-refractivity contribution >= 4 is 28.2 Å². The van der Waals surface area contributed by atoms with Crippen molar-refractivity contribution < 1.29 is 14.3 Å². The number of amides is 1. The molecule has 1 N–H and O–H groups in total. The minimum Gasteiger partial charge on any atom is -0.462 e. The van der Waals surface area contributed by atoms with Crippen LogP contribution in [0, 0.1) is 19.8 Å². The molecule has 0 spiro atoms. The number of nitrogens with one attached hydrogen (secondary N) is 1. The van der Waals surface area contributed by atoms with Crippen LogP contribution >= 0.6 is 11.3 Å². The number of anilines is 1. The summed E-state index contributed by atoms with van der Waals surface area (Å²) in [5.41, 5.74) is 4.63. The van der Waals surface area contributed by atoms with Gasteiger partial charge >= 0.3 is 5.97 Å². The Morgan fingerprint density at radius 3 is 2.57 bits per heavy atom. The molecule has 1 aromatic carbocycles. The van der Waals surface area contributed by atoms with E-state index in [2.05, 4.69) is 31.3 Å². The van der Waals surface area contributed by atoms with Crippen LogP contribution in [0.3, 0.4) is 0 Å². The quantitative estimate of drug-likeness (QED) is 0.596. The molecule has 0 aliphatic heterocycles. The molecule has 150 valence electrons. The molecule has 1 amide bonds. The van der Waals surface area contributed by atoms with Gasteiger partial charge in [-0.25, -0.2) is 4.79 Å². The van der Waals surface area contributed by atoms with Gasteiger partial charge in [0.25, 0.3) is 0 Å². The highest BCUT2D eigenvalue weighted by molar-refractivity contribution is 7.15. The zero-order valence-electron chi connectivity index (χ0n) is 17.0. The van der Waals surface area contributed by atoms with Gasteiger partial charge in [0, 0.05) is 17.4 Å². The Hall–Kier alpha value is -2.14. The van der Waals surface area contributed by atoms with Crippen LogP contribution in [0.4, 0.5) is 5.00 Å². The smallest absolute Gasteiger partial charge is 0.341 e. The Kier molecular flexibility index (Phi) is 6.89. The monoisotopic (exact) mass is 399 g/mol. The lowest BCUT2D eigenvalue weighted by atomic mass is 9.87. The summed E-state index contributed by atoms with van der Waals surface area (Å²) >= 11 is 1.39. The number of rotatable bonds is 6. The molecule has 0 unspecified atom stereocenters. The molecule has 1 aromatic heterocycles. The largest absolute Gasteiger partial charge is 0.462 e. The molecule has 1 aliphatic rings. The van der Waals surface area contributed by atoms with Gasteiger partial charge in [0.15, 0.2) is 0 Å². The van der Waals surface area contributed by atoms with E-state index in [-0.39, 0.29) is 11.9 Å². The highest BCUT2D eigenvalue weighted by Gasteiger charge is 2.24. The number of carbonyl (C=O) groups is 2. The molecule has 3 rings (SSSR count). The van der Waals surface area contributed by atoms with Gasteiger partial charge in [-0.3, -0.25) is 4.79 Å². The van der Waals surface area contributed by atoms with Crippen molar-refractivity contribution in [3.63, 3.8) is 0 Å². The second-order valence-electron chi connectivity index (χ2n) is 7.63. The van der Waals surface area contributed by atoms with Gasteiger partial charge in [-0.2, -0.15) is 0 Å². The normalized spacial score (nSPS) is 14.7. The summed E-state index contributed by atoms with van der Waals surface area (Å²) in [5.74, 6) is 0.0647. The van der Waals surface area contributed by atoms with Gasteiger partial charge in [-0.15, -0.1) is 11.3 Å². The number of aryl methyl sites for hydroxylation is 2. The molecule has 0 saturated heterocycles. The van der Waals surface area contributed by atoms with E-state index in [1.54, 1.807) is 6.92 Å². The van der Waals surface area contributed by atoms with E-state index < -0.39 is 0 Å². The average molecular weight is 400 g/mol. The van der Waals surface area contributed by atoms with Gasteiger partial charge in [-0.1, -0.05) is 37.5 Å². The molecule has 1 fully saturated rings. The van der Waals surface area contributed by atoms with Crippen LogP contribution in [-0.4, -0.2) is 18.5 Å². The van der Waals surface area contributed by atoms with E-state index in [1.165, 1.54) is 41.7 Å². The lowest BCUT2D eigenvalue weighted by Crippen LogP contribution is -2.19. The maximum Gasteiger partial charge on any atom is 0.341 e. The lowest BCUT2D eigenvalue weighted by molar-refractivity contribution is -0.117. The summed E-state index contributed by atoms with van der Waals surface area (Å²) in [7, 11) is 0. The predicted octanol–water partition coefficient (Wildman–Crippen LogP) is 6.12. The first-order chi connectivity index (χ1) is 13.5. The van der Waals surface area contributed by atoms with E-state index in [0.29, 0.717) is 29.5 Å². The zero-order chi connectivity index (χ0) is 20.1. The Labute approximate surface area is 171 Å². The fraction of sp³-hybridized carbons (Fsp3) is 0.478. The summed E-state index contributed by atoms with van der Waals surface area (Å²) in [6, 6.07) is 6.15. The predicted molar refractivity (Wildman–Crippen MR) is 115 cm³/mol. The number of hydrogen-bond acceptors (Lipinski definition) is 4. The zero-order valence-corrected chi connectivity index (χ0v) is 17.8. The van der Waals surface area contributed by atoms with Crippen LogP contribution in [-0.2, 0) is 9.53 Å². The number of carbonyl (C=O) groups excluding carboxylic acids is 2. The Morgan fingerprint density at radius 1 is 1.14 bits per heavy atom. The third kappa shape index (κ3) is 4.82. The molecule has 28 heavy (non-hydrogen) atoms. The Balaban J connectivity index is 1.86. The molecular weight excluding hydrogens is 370 g/mol. The van der Waals surface area contributed by atoms with Gasteiger partial charge in [0.05, 0.1) is 6.61 Å². The van der Waals surface area contributed by atoms with Crippen molar-refractivity contribution in [2.75, 3.05) is 11.9 Å². The van der Waals surface area contributed by atoms with E-state index in [4.69, 9.17) is 4.74 Å². The first-order valence-corrected chi connectivity index (χ1v) is 11.0. The molecular formula is C23H29NO3S. The molecule has 1 heterocycles. The van der Waals surface area contributed by atoms with E-state index in [9.17, 15) is 9.59 Å². The molecule has 0 bridgehead atoms. The minimum absolute atomic E-state index is 0.00839. The van der Waals surface area contributed by atoms with Crippen molar-refractivity contribution in [1.29, 1.82) is 0 Å². The van der Waals surface area contributed by atoms with Gasteiger partial charge in [0.2, 0.25) is 5.91 Å². The van der Waals surface area contributed by atoms with E-state index in [0.717, 1.165) is 24.0 Å². The second kappa shape index (κ2) is 9.37. The first kappa shape index (κ1) is 20.6. The van der Waals surface area contributed by atoms with Crippen molar-refractivity contribution in [2.24, 2.45) is 5.92 Å². The summed E-state index contributed by atoms with van der Waals surface area (Å²) in [6.45, 7) is 6.22. The van der Waals surface area contributed by atoms with Crippen LogP contribution in [0.5, 0.6) is 0 Å². The second-order valence-corrected chi connectivity index (χ2v) is 8.51. The third-order valence-corrected chi connectivity index (χ3v) is 6.44. The topological polar surface area (TPSA) is 55.4 Å². The summed E-state index contributed by atoms with van der Waals surface area (Å²) in [6.07, 6.45) is 6.46. The molecule has 0 atom stereocenters. The maximum atomic E-state index is 12.7. The first-order valence-electron chi connectivity index (χ1n) is 10.2. The highest BCUT2D eigenvalue weighted by atomic mass is 32.1. The number of hydrogen-bond donors (Lipinski definition) is 1. The van der Waals surface area contributed by atoms with Crippen molar-refractivity contribution in [3.05, 3.63) is 40.3 Å².